The fraction of sp³-hybridized carbons (Fsp3) is 0.800. The summed E-state index contributed by atoms with van der Waals surface area (Å²) in [4.78, 5) is 0. The SMILES string of the molecule is OC(=S)CCCCCC(O)(O)CCC(O)=S. The van der Waals surface area contributed by atoms with E-state index in [1.165, 1.54) is 0 Å². The standard InChI is InChI=1S/C10H18O4S2/c11-8(15)4-2-1-3-6-10(13,14)7-5-9(12)16/h13-14H,1-7H2,(H,11,15)(H,12,16). The van der Waals surface area contributed by atoms with Gasteiger partial charge in [0.1, 0.15) is 0 Å². The van der Waals surface area contributed by atoms with Gasteiger partial charge >= 0.3 is 0 Å². The molecule has 16 heavy (non-hydrogen) atoms. The largest absolute Gasteiger partial charge is 0.502 e. The topological polar surface area (TPSA) is 80.9 Å². The van der Waals surface area contributed by atoms with Gasteiger partial charge in [-0.3, -0.25) is 0 Å². The summed E-state index contributed by atoms with van der Waals surface area (Å²) in [6.07, 6.45) is 3.00. The average Bonchev–Trinajstić information content (AvgIpc) is 2.14. The van der Waals surface area contributed by atoms with Crippen LogP contribution in [0.15, 0.2) is 0 Å². The van der Waals surface area contributed by atoms with Gasteiger partial charge in [-0.2, -0.15) is 0 Å². The summed E-state index contributed by atoms with van der Waals surface area (Å²) in [5.74, 6) is -1.77. The molecule has 0 aromatic carbocycles. The van der Waals surface area contributed by atoms with Gasteiger partial charge in [-0.25, -0.2) is 0 Å². The fourth-order valence-electron chi connectivity index (χ4n) is 1.29. The van der Waals surface area contributed by atoms with Gasteiger partial charge in [0.25, 0.3) is 0 Å². The maximum atomic E-state index is 9.48. The van der Waals surface area contributed by atoms with Gasteiger partial charge in [0.2, 0.25) is 0 Å². The van der Waals surface area contributed by atoms with Crippen molar-refractivity contribution >= 4 is 34.5 Å². The summed E-state index contributed by atoms with van der Waals surface area (Å²) >= 11 is 8.94. The predicted octanol–water partition coefficient (Wildman–Crippen LogP) is 2.17. The van der Waals surface area contributed by atoms with E-state index in [1.54, 1.807) is 0 Å². The van der Waals surface area contributed by atoms with Crippen molar-refractivity contribution < 1.29 is 20.4 Å². The first kappa shape index (κ1) is 15.7. The highest BCUT2D eigenvalue weighted by Gasteiger charge is 2.22. The zero-order chi connectivity index (χ0) is 12.6. The van der Waals surface area contributed by atoms with Crippen LogP contribution in [0.4, 0.5) is 0 Å². The Morgan fingerprint density at radius 1 is 0.812 bits per heavy atom. The van der Waals surface area contributed by atoms with Crippen LogP contribution in [-0.4, -0.2) is 36.3 Å². The number of hydrogen-bond donors (Lipinski definition) is 4. The predicted molar refractivity (Wildman–Crippen MR) is 69.9 cm³/mol. The molecule has 0 amide bonds. The lowest BCUT2D eigenvalue weighted by Crippen LogP contribution is -2.28. The second kappa shape index (κ2) is 7.89. The van der Waals surface area contributed by atoms with Crippen LogP contribution < -0.4 is 0 Å². The molecule has 0 atom stereocenters. The average molecular weight is 266 g/mol. The lowest BCUT2D eigenvalue weighted by atomic mass is 10.0. The first-order valence-electron chi connectivity index (χ1n) is 5.22. The van der Waals surface area contributed by atoms with E-state index in [0.717, 1.165) is 12.8 Å². The third kappa shape index (κ3) is 10.2. The van der Waals surface area contributed by atoms with Crippen LogP contribution in [0.25, 0.3) is 0 Å². The fourth-order valence-corrected chi connectivity index (χ4v) is 1.54. The molecular formula is C10H18O4S2. The van der Waals surface area contributed by atoms with E-state index >= 15 is 0 Å². The molecule has 0 aliphatic carbocycles. The molecule has 0 radical (unpaired) electrons. The molecule has 0 heterocycles. The number of aliphatic hydroxyl groups excluding tert-OH is 2. The molecule has 0 rings (SSSR count). The van der Waals surface area contributed by atoms with Gasteiger partial charge in [-0.15, -0.1) is 0 Å². The highest BCUT2D eigenvalue weighted by molar-refractivity contribution is 7.80. The van der Waals surface area contributed by atoms with Crippen LogP contribution in [0.5, 0.6) is 0 Å². The summed E-state index contributed by atoms with van der Waals surface area (Å²) < 4.78 is 0. The monoisotopic (exact) mass is 266 g/mol. The molecule has 0 bridgehead atoms. The molecule has 4 nitrogen and oxygen atoms in total. The van der Waals surface area contributed by atoms with Crippen molar-refractivity contribution in [1.82, 2.24) is 0 Å². The molecule has 0 unspecified atom stereocenters. The molecule has 0 aromatic heterocycles. The van der Waals surface area contributed by atoms with Gasteiger partial charge < -0.3 is 20.4 Å². The highest BCUT2D eigenvalue weighted by atomic mass is 32.1. The van der Waals surface area contributed by atoms with Crippen molar-refractivity contribution in [2.24, 2.45) is 0 Å². The summed E-state index contributed by atoms with van der Waals surface area (Å²) in [6.45, 7) is 0. The molecule has 0 saturated carbocycles. The Hall–Kier alpha value is -0.300. The van der Waals surface area contributed by atoms with Crippen molar-refractivity contribution in [1.29, 1.82) is 0 Å². The minimum absolute atomic E-state index is 0.00936. The van der Waals surface area contributed by atoms with E-state index in [9.17, 15) is 10.2 Å². The summed E-state index contributed by atoms with van der Waals surface area (Å²) in [5.41, 5.74) is 0. The lowest BCUT2D eigenvalue weighted by Gasteiger charge is -2.21. The quantitative estimate of drug-likeness (QED) is 0.291. The molecule has 4 N–H and O–H groups in total. The van der Waals surface area contributed by atoms with Crippen LogP contribution in [0.3, 0.4) is 0 Å². The van der Waals surface area contributed by atoms with Crippen molar-refractivity contribution in [3.63, 3.8) is 0 Å². The third-order valence-electron chi connectivity index (χ3n) is 2.21. The molecule has 6 heteroatoms. The van der Waals surface area contributed by atoms with E-state index in [0.29, 0.717) is 12.8 Å². The van der Waals surface area contributed by atoms with Gasteiger partial charge in [0, 0.05) is 25.7 Å². The number of unbranched alkanes of at least 4 members (excludes halogenated alkanes) is 2. The number of thiocarbonyl (C=S) groups is 2. The van der Waals surface area contributed by atoms with Crippen molar-refractivity contribution in [3.8, 4) is 0 Å². The molecule has 0 saturated heterocycles. The molecule has 0 aliphatic heterocycles. The van der Waals surface area contributed by atoms with Crippen LogP contribution in [0.1, 0.15) is 44.9 Å². The Kier molecular flexibility index (Phi) is 7.74. The zero-order valence-electron chi connectivity index (χ0n) is 9.06. The number of hydrogen-bond acceptors (Lipinski definition) is 4. The van der Waals surface area contributed by atoms with Crippen molar-refractivity contribution in [2.75, 3.05) is 0 Å². The van der Waals surface area contributed by atoms with E-state index in [1.807, 2.05) is 0 Å². The second-order valence-corrected chi connectivity index (χ2v) is 4.77. The smallest absolute Gasteiger partial charge is 0.162 e. The maximum absolute atomic E-state index is 9.48. The number of rotatable bonds is 9. The zero-order valence-corrected chi connectivity index (χ0v) is 10.7. The van der Waals surface area contributed by atoms with Gasteiger partial charge in [-0.05, 0) is 37.3 Å². The first-order chi connectivity index (χ1) is 7.33. The Morgan fingerprint density at radius 2 is 1.38 bits per heavy atom. The normalized spacial score (nSPS) is 11.4. The van der Waals surface area contributed by atoms with Gasteiger partial charge in [0.15, 0.2) is 15.9 Å². The molecular weight excluding hydrogens is 248 g/mol. The second-order valence-electron chi connectivity index (χ2n) is 3.83. The maximum Gasteiger partial charge on any atom is 0.162 e. The molecule has 0 spiro atoms. The minimum atomic E-state index is -1.77. The Balaban J connectivity index is 3.57. The summed E-state index contributed by atoms with van der Waals surface area (Å²) in [5, 5.41) is 36.2. The molecule has 0 aromatic rings. The van der Waals surface area contributed by atoms with Crippen LogP contribution in [-0.2, 0) is 0 Å². The molecule has 0 fully saturated rings. The summed E-state index contributed by atoms with van der Waals surface area (Å²) in [6, 6.07) is 0. The number of aliphatic hydroxyl groups is 4. The van der Waals surface area contributed by atoms with Crippen LogP contribution in [0, 0.1) is 0 Å². The molecule has 94 valence electrons. The highest BCUT2D eigenvalue weighted by Crippen LogP contribution is 2.18. The first-order valence-corrected chi connectivity index (χ1v) is 6.03. The van der Waals surface area contributed by atoms with Gasteiger partial charge in [0.05, 0.1) is 0 Å². The third-order valence-corrected chi connectivity index (χ3v) is 2.62. The van der Waals surface area contributed by atoms with E-state index < -0.39 is 5.79 Å². The van der Waals surface area contributed by atoms with Crippen molar-refractivity contribution in [2.45, 2.75) is 50.7 Å². The van der Waals surface area contributed by atoms with E-state index in [2.05, 4.69) is 24.4 Å². The Morgan fingerprint density at radius 3 is 1.88 bits per heavy atom. The van der Waals surface area contributed by atoms with Gasteiger partial charge in [-0.1, -0.05) is 6.42 Å². The summed E-state index contributed by atoms with van der Waals surface area (Å²) in [7, 11) is 0. The van der Waals surface area contributed by atoms with E-state index in [-0.39, 0.29) is 29.4 Å². The van der Waals surface area contributed by atoms with Crippen LogP contribution in [0.2, 0.25) is 0 Å². The molecule has 0 aliphatic rings. The lowest BCUT2D eigenvalue weighted by molar-refractivity contribution is -0.169. The minimum Gasteiger partial charge on any atom is -0.502 e. The Bertz CT molecular complexity index is 241. The Labute approximate surface area is 106 Å². The van der Waals surface area contributed by atoms with Crippen molar-refractivity contribution in [3.05, 3.63) is 0 Å². The van der Waals surface area contributed by atoms with Crippen LogP contribution >= 0.6 is 24.4 Å². The van der Waals surface area contributed by atoms with E-state index in [4.69, 9.17) is 10.2 Å².